The highest BCUT2D eigenvalue weighted by atomic mass is 32.1. The van der Waals surface area contributed by atoms with Crippen LogP contribution in [0.1, 0.15) is 17.8 Å². The van der Waals surface area contributed by atoms with Crippen LogP contribution in [0.2, 0.25) is 0 Å². The number of nitrogens with one attached hydrogen (secondary N) is 1. The van der Waals surface area contributed by atoms with Crippen molar-refractivity contribution in [2.24, 2.45) is 0 Å². The lowest BCUT2D eigenvalue weighted by Gasteiger charge is -2.08. The monoisotopic (exact) mass is 278 g/mol. The van der Waals surface area contributed by atoms with Gasteiger partial charge in [0.15, 0.2) is 11.5 Å². The maximum absolute atomic E-state index is 5.31. The number of methoxy groups -OCH3 is 2. The number of rotatable bonds is 5. The molecule has 0 saturated heterocycles. The maximum atomic E-state index is 5.31. The van der Waals surface area contributed by atoms with Gasteiger partial charge < -0.3 is 14.8 Å². The third-order valence-electron chi connectivity index (χ3n) is 3.01. The first kappa shape index (κ1) is 13.8. The molecule has 0 spiro atoms. The van der Waals surface area contributed by atoms with Gasteiger partial charge in [0.05, 0.1) is 14.2 Å². The number of thiazole rings is 1. The van der Waals surface area contributed by atoms with Gasteiger partial charge in [0.1, 0.15) is 5.01 Å². The molecular formula is C14H18N2O2S. The molecule has 0 bridgehead atoms. The zero-order chi connectivity index (χ0) is 13.8. The zero-order valence-corrected chi connectivity index (χ0v) is 12.4. The summed E-state index contributed by atoms with van der Waals surface area (Å²) in [5, 5.41) is 4.20. The number of ether oxygens (including phenoxy) is 2. The summed E-state index contributed by atoms with van der Waals surface area (Å²) in [6.07, 6.45) is 1.91. The quantitative estimate of drug-likeness (QED) is 0.912. The Balaban J connectivity index is 2.34. The molecule has 1 atom stereocenters. The predicted octanol–water partition coefficient (Wildman–Crippen LogP) is 3.11. The highest BCUT2D eigenvalue weighted by Gasteiger charge is 2.11. The molecule has 2 aromatic rings. The Morgan fingerprint density at radius 3 is 2.58 bits per heavy atom. The zero-order valence-electron chi connectivity index (χ0n) is 11.6. The minimum atomic E-state index is 0.311. The summed E-state index contributed by atoms with van der Waals surface area (Å²) in [7, 11) is 5.21. The first-order valence-electron chi connectivity index (χ1n) is 6.05. The van der Waals surface area contributed by atoms with E-state index in [0.717, 1.165) is 22.1 Å². The molecule has 1 heterocycles. The van der Waals surface area contributed by atoms with Crippen molar-refractivity contribution >= 4 is 11.3 Å². The molecule has 0 saturated carbocycles. The molecule has 0 aliphatic heterocycles. The Bertz CT molecular complexity index is 554. The van der Waals surface area contributed by atoms with Gasteiger partial charge >= 0.3 is 0 Å². The summed E-state index contributed by atoms with van der Waals surface area (Å²) in [6.45, 7) is 2.12. The number of nitrogens with zero attached hydrogens (tertiary/aromatic N) is 1. The Labute approximate surface area is 117 Å². The molecule has 1 aromatic carbocycles. The van der Waals surface area contributed by atoms with E-state index in [-0.39, 0.29) is 0 Å². The van der Waals surface area contributed by atoms with Gasteiger partial charge in [-0.1, -0.05) is 0 Å². The normalized spacial score (nSPS) is 12.2. The number of aromatic nitrogens is 1. The topological polar surface area (TPSA) is 43.4 Å². The third kappa shape index (κ3) is 2.88. The smallest absolute Gasteiger partial charge is 0.161 e. The lowest BCUT2D eigenvalue weighted by Crippen LogP contribution is -2.10. The van der Waals surface area contributed by atoms with E-state index >= 15 is 0 Å². The van der Waals surface area contributed by atoms with Crippen LogP contribution in [0.4, 0.5) is 0 Å². The second-order valence-corrected chi connectivity index (χ2v) is 5.21. The van der Waals surface area contributed by atoms with Crippen LogP contribution in [-0.4, -0.2) is 26.3 Å². The molecule has 1 N–H and O–H groups in total. The fourth-order valence-corrected chi connectivity index (χ4v) is 2.71. The van der Waals surface area contributed by atoms with Gasteiger partial charge in [0.25, 0.3) is 0 Å². The van der Waals surface area contributed by atoms with Gasteiger partial charge in [0, 0.05) is 22.7 Å². The summed E-state index contributed by atoms with van der Waals surface area (Å²) >= 11 is 1.68. The van der Waals surface area contributed by atoms with E-state index in [1.807, 2.05) is 31.4 Å². The molecule has 0 aliphatic rings. The number of hydrogen-bond donors (Lipinski definition) is 1. The maximum Gasteiger partial charge on any atom is 0.161 e. The Morgan fingerprint density at radius 1 is 1.21 bits per heavy atom. The van der Waals surface area contributed by atoms with Crippen LogP contribution in [0, 0.1) is 0 Å². The minimum absolute atomic E-state index is 0.311. The minimum Gasteiger partial charge on any atom is -0.493 e. The lowest BCUT2D eigenvalue weighted by molar-refractivity contribution is 0.355. The molecule has 4 nitrogen and oxygen atoms in total. The van der Waals surface area contributed by atoms with Crippen LogP contribution < -0.4 is 14.8 Å². The first-order valence-corrected chi connectivity index (χ1v) is 6.86. The van der Waals surface area contributed by atoms with Crippen molar-refractivity contribution in [1.29, 1.82) is 0 Å². The molecule has 2 rings (SSSR count). The lowest BCUT2D eigenvalue weighted by atomic mass is 10.2. The molecule has 5 heteroatoms. The Kier molecular flexibility index (Phi) is 4.39. The van der Waals surface area contributed by atoms with Crippen LogP contribution in [-0.2, 0) is 0 Å². The van der Waals surface area contributed by atoms with E-state index in [4.69, 9.17) is 9.47 Å². The molecular weight excluding hydrogens is 260 g/mol. The van der Waals surface area contributed by atoms with Gasteiger partial charge in [-0.3, -0.25) is 0 Å². The number of benzene rings is 1. The summed E-state index contributed by atoms with van der Waals surface area (Å²) in [4.78, 5) is 5.68. The third-order valence-corrected chi connectivity index (χ3v) is 4.24. The van der Waals surface area contributed by atoms with Crippen molar-refractivity contribution in [3.63, 3.8) is 0 Å². The first-order chi connectivity index (χ1) is 9.19. The number of hydrogen-bond acceptors (Lipinski definition) is 5. The van der Waals surface area contributed by atoms with Gasteiger partial charge in [-0.2, -0.15) is 0 Å². The fraction of sp³-hybridized carbons (Fsp3) is 0.357. The Morgan fingerprint density at radius 2 is 1.95 bits per heavy atom. The molecule has 19 heavy (non-hydrogen) atoms. The van der Waals surface area contributed by atoms with E-state index < -0.39 is 0 Å². The fourth-order valence-electron chi connectivity index (χ4n) is 1.73. The largest absolute Gasteiger partial charge is 0.493 e. The van der Waals surface area contributed by atoms with Crippen LogP contribution in [0.25, 0.3) is 10.6 Å². The van der Waals surface area contributed by atoms with Gasteiger partial charge in [-0.05, 0) is 32.2 Å². The second-order valence-electron chi connectivity index (χ2n) is 4.15. The predicted molar refractivity (Wildman–Crippen MR) is 78.1 cm³/mol. The molecule has 0 fully saturated rings. The summed E-state index contributed by atoms with van der Waals surface area (Å²) < 4.78 is 10.5. The summed E-state index contributed by atoms with van der Waals surface area (Å²) in [6, 6.07) is 6.15. The van der Waals surface area contributed by atoms with Crippen molar-refractivity contribution in [2.75, 3.05) is 21.3 Å². The van der Waals surface area contributed by atoms with E-state index in [9.17, 15) is 0 Å². The summed E-state index contributed by atoms with van der Waals surface area (Å²) in [5.74, 6) is 1.45. The van der Waals surface area contributed by atoms with Gasteiger partial charge in [-0.15, -0.1) is 11.3 Å². The molecule has 0 aliphatic carbocycles. The SMILES string of the molecule is CNC(C)c1cnc(-c2ccc(OC)c(OC)c2)s1. The van der Waals surface area contributed by atoms with Crippen LogP contribution >= 0.6 is 11.3 Å². The Hall–Kier alpha value is -1.59. The summed E-state index contributed by atoms with van der Waals surface area (Å²) in [5.41, 5.74) is 1.04. The van der Waals surface area contributed by atoms with Crippen LogP contribution in [0.15, 0.2) is 24.4 Å². The molecule has 0 amide bonds. The van der Waals surface area contributed by atoms with Crippen molar-refractivity contribution in [1.82, 2.24) is 10.3 Å². The van der Waals surface area contributed by atoms with E-state index in [1.54, 1.807) is 25.6 Å². The van der Waals surface area contributed by atoms with Crippen molar-refractivity contribution in [3.05, 3.63) is 29.3 Å². The van der Waals surface area contributed by atoms with E-state index in [1.165, 1.54) is 4.88 Å². The van der Waals surface area contributed by atoms with E-state index in [0.29, 0.717) is 6.04 Å². The highest BCUT2D eigenvalue weighted by Crippen LogP contribution is 2.34. The van der Waals surface area contributed by atoms with E-state index in [2.05, 4.69) is 17.2 Å². The average Bonchev–Trinajstić information content (AvgIpc) is 2.95. The standard InChI is InChI=1S/C14H18N2O2S/c1-9(15-2)13-8-16-14(19-13)10-5-6-11(17-3)12(7-10)18-4/h5-9,15H,1-4H3. The van der Waals surface area contributed by atoms with Crippen molar-refractivity contribution in [2.45, 2.75) is 13.0 Å². The average molecular weight is 278 g/mol. The van der Waals surface area contributed by atoms with Crippen molar-refractivity contribution < 1.29 is 9.47 Å². The highest BCUT2D eigenvalue weighted by molar-refractivity contribution is 7.15. The molecule has 1 aromatic heterocycles. The van der Waals surface area contributed by atoms with Gasteiger partial charge in [0.2, 0.25) is 0 Å². The molecule has 0 radical (unpaired) electrons. The van der Waals surface area contributed by atoms with Crippen LogP contribution in [0.3, 0.4) is 0 Å². The van der Waals surface area contributed by atoms with Crippen molar-refractivity contribution in [3.8, 4) is 22.1 Å². The molecule has 102 valence electrons. The van der Waals surface area contributed by atoms with Crippen LogP contribution in [0.5, 0.6) is 11.5 Å². The van der Waals surface area contributed by atoms with Gasteiger partial charge in [-0.25, -0.2) is 4.98 Å². The molecule has 1 unspecified atom stereocenters. The second kappa shape index (κ2) is 6.04.